The normalized spacial score (nSPS) is 12.9. The molecule has 0 aliphatic carbocycles. The Labute approximate surface area is 114 Å². The molecule has 0 saturated carbocycles. The molecule has 18 heavy (non-hydrogen) atoms. The van der Waals surface area contributed by atoms with Crippen molar-refractivity contribution in [2.24, 2.45) is 0 Å². The number of nitrogens with zero attached hydrogens (tertiary/aromatic N) is 2. The highest BCUT2D eigenvalue weighted by Crippen LogP contribution is 2.16. The number of imidazole rings is 1. The first-order valence-electron chi connectivity index (χ1n) is 5.85. The molecule has 1 N–H and O–H groups in total. The number of hydrogen-bond acceptors (Lipinski definition) is 3. The van der Waals surface area contributed by atoms with Gasteiger partial charge in [-0.1, -0.05) is 0 Å². The summed E-state index contributed by atoms with van der Waals surface area (Å²) in [5.41, 5.74) is -0.579. The molecule has 0 unspecified atom stereocenters. The van der Waals surface area contributed by atoms with Gasteiger partial charge in [0.2, 0.25) is 0 Å². The molecule has 0 amide bonds. The predicted molar refractivity (Wildman–Crippen MR) is 72.4 cm³/mol. The first-order chi connectivity index (χ1) is 8.22. The topological polar surface area (TPSA) is 64.0 Å². The lowest BCUT2D eigenvalue weighted by molar-refractivity contribution is 0.440. The van der Waals surface area contributed by atoms with Gasteiger partial charge >= 0.3 is 0 Å². The van der Waals surface area contributed by atoms with Crippen LogP contribution < -0.4 is 4.72 Å². The van der Waals surface area contributed by atoms with Crippen LogP contribution in [0.15, 0.2) is 11.2 Å². The van der Waals surface area contributed by atoms with Crippen molar-refractivity contribution in [3.63, 3.8) is 0 Å². The second-order valence-corrected chi connectivity index (χ2v) is 6.85. The van der Waals surface area contributed by atoms with Crippen molar-refractivity contribution in [3.05, 3.63) is 12.0 Å². The van der Waals surface area contributed by atoms with E-state index in [4.69, 9.17) is 11.6 Å². The fourth-order valence-corrected chi connectivity index (χ4v) is 3.56. The largest absolute Gasteiger partial charge is 0.334 e. The molecule has 1 heterocycles. The van der Waals surface area contributed by atoms with Crippen LogP contribution in [0.4, 0.5) is 0 Å². The number of alkyl halides is 1. The molecule has 0 radical (unpaired) electrons. The van der Waals surface area contributed by atoms with E-state index >= 15 is 0 Å². The van der Waals surface area contributed by atoms with Crippen molar-refractivity contribution in [1.29, 1.82) is 0 Å². The maximum absolute atomic E-state index is 12.2. The highest BCUT2D eigenvalue weighted by Gasteiger charge is 2.27. The second-order valence-electron chi connectivity index (χ2n) is 4.84. The van der Waals surface area contributed by atoms with Gasteiger partial charge in [-0.3, -0.25) is 0 Å². The Balaban J connectivity index is 2.99. The van der Waals surface area contributed by atoms with Crippen LogP contribution in [0.25, 0.3) is 0 Å². The maximum Gasteiger partial charge on any atom is 0.260 e. The van der Waals surface area contributed by atoms with E-state index in [9.17, 15) is 8.42 Å². The maximum atomic E-state index is 12.2. The number of aromatic nitrogens is 2. The second kappa shape index (κ2) is 5.59. The minimum atomic E-state index is -3.59. The average molecular weight is 294 g/mol. The molecule has 0 aliphatic heterocycles. The quantitative estimate of drug-likeness (QED) is 0.815. The van der Waals surface area contributed by atoms with Crippen LogP contribution in [0.2, 0.25) is 0 Å². The van der Waals surface area contributed by atoms with Crippen LogP contribution in [0.3, 0.4) is 0 Å². The number of nitrogens with one attached hydrogen (secondary N) is 1. The molecule has 1 aromatic heterocycles. The highest BCUT2D eigenvalue weighted by atomic mass is 35.5. The average Bonchev–Trinajstić information content (AvgIpc) is 2.58. The summed E-state index contributed by atoms with van der Waals surface area (Å²) in [6.07, 6.45) is 2.11. The standard InChI is InChI=1S/C11H20ClN3O2S/c1-5-15-8-10(13-9(15)2)18(16,17)14-11(3,4)6-7-12/h8,14H,5-7H2,1-4H3. The Bertz CT molecular complexity index is 508. The first-order valence-corrected chi connectivity index (χ1v) is 7.87. The fraction of sp³-hybridized carbons (Fsp3) is 0.727. The van der Waals surface area contributed by atoms with Gasteiger partial charge in [0.25, 0.3) is 10.0 Å². The fourth-order valence-electron chi connectivity index (χ4n) is 1.63. The van der Waals surface area contributed by atoms with E-state index in [1.807, 2.05) is 6.92 Å². The number of halogens is 1. The van der Waals surface area contributed by atoms with Crippen molar-refractivity contribution < 1.29 is 8.42 Å². The smallest absolute Gasteiger partial charge is 0.260 e. The van der Waals surface area contributed by atoms with Crippen molar-refractivity contribution >= 4 is 21.6 Å². The first kappa shape index (κ1) is 15.5. The monoisotopic (exact) mass is 293 g/mol. The number of aryl methyl sites for hydroxylation is 2. The van der Waals surface area contributed by atoms with E-state index < -0.39 is 15.6 Å². The van der Waals surface area contributed by atoms with E-state index in [-0.39, 0.29) is 5.03 Å². The molecular weight excluding hydrogens is 274 g/mol. The molecule has 0 aliphatic rings. The van der Waals surface area contributed by atoms with E-state index in [1.54, 1.807) is 31.5 Å². The zero-order valence-electron chi connectivity index (χ0n) is 11.2. The van der Waals surface area contributed by atoms with Crippen LogP contribution >= 0.6 is 11.6 Å². The highest BCUT2D eigenvalue weighted by molar-refractivity contribution is 7.89. The van der Waals surface area contributed by atoms with Crippen LogP contribution in [-0.2, 0) is 16.6 Å². The predicted octanol–water partition coefficient (Wildman–Crippen LogP) is 1.90. The summed E-state index contributed by atoms with van der Waals surface area (Å²) in [5.74, 6) is 1.09. The van der Waals surface area contributed by atoms with Gasteiger partial charge in [-0.2, -0.15) is 0 Å². The zero-order valence-corrected chi connectivity index (χ0v) is 12.8. The lowest BCUT2D eigenvalue weighted by Gasteiger charge is -2.24. The summed E-state index contributed by atoms with van der Waals surface area (Å²) < 4.78 is 28.8. The van der Waals surface area contributed by atoms with Gasteiger partial charge in [-0.05, 0) is 34.1 Å². The number of sulfonamides is 1. The van der Waals surface area contributed by atoms with E-state index in [1.165, 1.54) is 0 Å². The van der Waals surface area contributed by atoms with Crippen LogP contribution in [0.5, 0.6) is 0 Å². The molecule has 5 nitrogen and oxygen atoms in total. The third kappa shape index (κ3) is 3.70. The molecule has 0 atom stereocenters. The van der Waals surface area contributed by atoms with E-state index in [0.29, 0.717) is 24.7 Å². The Kier molecular flexibility index (Phi) is 4.80. The van der Waals surface area contributed by atoms with Gasteiger partial charge < -0.3 is 4.57 Å². The van der Waals surface area contributed by atoms with Gasteiger partial charge in [0, 0.05) is 24.2 Å². The van der Waals surface area contributed by atoms with Crippen LogP contribution in [-0.4, -0.2) is 29.4 Å². The third-order valence-corrected chi connectivity index (χ3v) is 4.46. The van der Waals surface area contributed by atoms with Gasteiger partial charge in [0.05, 0.1) is 0 Å². The summed E-state index contributed by atoms with van der Waals surface area (Å²) >= 11 is 5.66. The molecule has 104 valence electrons. The lowest BCUT2D eigenvalue weighted by Crippen LogP contribution is -2.43. The Morgan fingerprint density at radius 2 is 2.11 bits per heavy atom. The van der Waals surface area contributed by atoms with Gasteiger partial charge in [-0.25, -0.2) is 18.1 Å². The van der Waals surface area contributed by atoms with Gasteiger partial charge in [0.15, 0.2) is 5.03 Å². The van der Waals surface area contributed by atoms with Gasteiger partial charge in [-0.15, -0.1) is 11.6 Å². The number of rotatable bonds is 6. The van der Waals surface area contributed by atoms with Crippen molar-refractivity contribution in [2.45, 2.75) is 51.2 Å². The minimum absolute atomic E-state index is 0.0597. The Hall–Kier alpha value is -0.590. The van der Waals surface area contributed by atoms with Crippen molar-refractivity contribution in [3.8, 4) is 0 Å². The lowest BCUT2D eigenvalue weighted by atomic mass is 10.0. The molecule has 1 aromatic rings. The molecular formula is C11H20ClN3O2S. The van der Waals surface area contributed by atoms with E-state index in [0.717, 1.165) is 0 Å². The Morgan fingerprint density at radius 1 is 1.50 bits per heavy atom. The van der Waals surface area contributed by atoms with E-state index in [2.05, 4.69) is 9.71 Å². The molecule has 7 heteroatoms. The van der Waals surface area contributed by atoms with Crippen LogP contribution in [0, 0.1) is 6.92 Å². The van der Waals surface area contributed by atoms with Crippen LogP contribution in [0.1, 0.15) is 33.0 Å². The third-order valence-electron chi connectivity index (χ3n) is 2.70. The zero-order chi connectivity index (χ0) is 14.0. The molecule has 0 fully saturated rings. The molecule has 0 saturated heterocycles. The summed E-state index contributed by atoms with van der Waals surface area (Å²) in [4.78, 5) is 4.08. The summed E-state index contributed by atoms with van der Waals surface area (Å²) in [6.45, 7) is 8.02. The molecule has 0 spiro atoms. The van der Waals surface area contributed by atoms with Crippen molar-refractivity contribution in [1.82, 2.24) is 14.3 Å². The Morgan fingerprint density at radius 3 is 2.56 bits per heavy atom. The summed E-state index contributed by atoms with van der Waals surface area (Å²) in [7, 11) is -3.59. The molecule has 0 aromatic carbocycles. The SMILES string of the molecule is CCn1cc(S(=O)(=O)NC(C)(C)CCCl)nc1C. The summed E-state index contributed by atoms with van der Waals surface area (Å²) in [6, 6.07) is 0. The number of hydrogen-bond donors (Lipinski definition) is 1. The summed E-state index contributed by atoms with van der Waals surface area (Å²) in [5, 5.41) is 0.0597. The van der Waals surface area contributed by atoms with Crippen molar-refractivity contribution in [2.75, 3.05) is 5.88 Å². The molecule has 1 rings (SSSR count). The minimum Gasteiger partial charge on any atom is -0.334 e. The molecule has 0 bridgehead atoms. The van der Waals surface area contributed by atoms with Gasteiger partial charge in [0.1, 0.15) is 5.82 Å².